The molecule has 0 bridgehead atoms. The third-order valence-electron chi connectivity index (χ3n) is 4.13. The molecule has 27 heavy (non-hydrogen) atoms. The van der Waals surface area contributed by atoms with Crippen LogP contribution in [0.25, 0.3) is 33.7 Å². The molecule has 0 unspecified atom stereocenters. The van der Waals surface area contributed by atoms with Gasteiger partial charge in [0.15, 0.2) is 5.65 Å². The summed E-state index contributed by atoms with van der Waals surface area (Å²) in [6, 6.07) is 15.3. The van der Waals surface area contributed by atoms with Crippen molar-refractivity contribution < 1.29 is 9.47 Å². The predicted octanol–water partition coefficient (Wildman–Crippen LogP) is 3.35. The lowest BCUT2D eigenvalue weighted by Crippen LogP contribution is -2.01. The molecule has 2 aromatic carbocycles. The zero-order chi connectivity index (χ0) is 18.8. The number of rotatable bonds is 4. The second kappa shape index (κ2) is 6.87. The van der Waals surface area contributed by atoms with Crippen molar-refractivity contribution in [3.05, 3.63) is 54.7 Å². The summed E-state index contributed by atoms with van der Waals surface area (Å²) < 4.78 is 10.7. The highest BCUT2D eigenvalue weighted by molar-refractivity contribution is 5.85. The Morgan fingerprint density at radius 3 is 1.96 bits per heavy atom. The molecule has 2 heterocycles. The summed E-state index contributed by atoms with van der Waals surface area (Å²) in [5.41, 5.74) is 9.82. The number of nitrogen functional groups attached to an aromatic ring is 1. The third-order valence-corrected chi connectivity index (χ3v) is 4.13. The highest BCUT2D eigenvalue weighted by atomic mass is 16.5. The molecule has 4 rings (SSSR count). The molecule has 7 heteroatoms. The van der Waals surface area contributed by atoms with E-state index in [1.54, 1.807) is 20.4 Å². The van der Waals surface area contributed by atoms with Crippen LogP contribution in [-0.2, 0) is 0 Å². The first kappa shape index (κ1) is 16.7. The zero-order valence-electron chi connectivity index (χ0n) is 14.9. The van der Waals surface area contributed by atoms with Gasteiger partial charge in [-0.3, -0.25) is 0 Å². The highest BCUT2D eigenvalue weighted by Crippen LogP contribution is 2.33. The first-order valence-electron chi connectivity index (χ1n) is 8.27. The van der Waals surface area contributed by atoms with Crippen LogP contribution in [0, 0.1) is 0 Å². The Kier molecular flexibility index (Phi) is 4.25. The normalized spacial score (nSPS) is 10.7. The second-order valence-electron chi connectivity index (χ2n) is 5.82. The molecule has 0 radical (unpaired) electrons. The molecular weight excluding hydrogens is 342 g/mol. The van der Waals surface area contributed by atoms with E-state index in [-0.39, 0.29) is 5.95 Å². The van der Waals surface area contributed by atoms with E-state index in [2.05, 4.69) is 9.97 Å². The Bertz CT molecular complexity index is 1130. The second-order valence-corrected chi connectivity index (χ2v) is 5.82. The van der Waals surface area contributed by atoms with E-state index in [9.17, 15) is 0 Å². The number of nitrogens with zero attached hydrogens (tertiary/aromatic N) is 4. The maximum Gasteiger partial charge on any atom is 0.222 e. The van der Waals surface area contributed by atoms with Gasteiger partial charge in [-0.25, -0.2) is 15.0 Å². The van der Waals surface area contributed by atoms with Crippen molar-refractivity contribution in [2.75, 3.05) is 20.0 Å². The van der Waals surface area contributed by atoms with Gasteiger partial charge in [-0.15, -0.1) is 0 Å². The number of hydrogen-bond acceptors (Lipinski definition) is 7. The van der Waals surface area contributed by atoms with Crippen molar-refractivity contribution in [2.24, 2.45) is 0 Å². The fourth-order valence-electron chi connectivity index (χ4n) is 2.82. The van der Waals surface area contributed by atoms with Gasteiger partial charge >= 0.3 is 0 Å². The van der Waals surface area contributed by atoms with Gasteiger partial charge in [0.25, 0.3) is 0 Å². The average molecular weight is 359 g/mol. The third kappa shape index (κ3) is 3.22. The Hall–Kier alpha value is -3.74. The quantitative estimate of drug-likeness (QED) is 0.597. The molecule has 0 atom stereocenters. The summed E-state index contributed by atoms with van der Waals surface area (Å²) in [5, 5.41) is 0. The maximum atomic E-state index is 5.72. The predicted molar refractivity (Wildman–Crippen MR) is 104 cm³/mol. The fraction of sp³-hybridized carbons (Fsp3) is 0.100. The van der Waals surface area contributed by atoms with Gasteiger partial charge in [-0.1, -0.05) is 24.3 Å². The summed E-state index contributed by atoms with van der Waals surface area (Å²) in [5.74, 6) is 1.62. The summed E-state index contributed by atoms with van der Waals surface area (Å²) in [7, 11) is 3.26. The van der Waals surface area contributed by atoms with Gasteiger partial charge in [0.05, 0.1) is 31.8 Å². The molecule has 0 aliphatic carbocycles. The smallest absolute Gasteiger partial charge is 0.222 e. The monoisotopic (exact) mass is 359 g/mol. The molecule has 0 aliphatic rings. The number of nitrogens with two attached hydrogens (primary N) is 1. The molecule has 2 N–H and O–H groups in total. The maximum absolute atomic E-state index is 5.72. The van der Waals surface area contributed by atoms with Gasteiger partial charge in [0.2, 0.25) is 5.95 Å². The molecular formula is C20H17N5O2. The minimum atomic E-state index is 0.155. The van der Waals surface area contributed by atoms with Crippen LogP contribution in [0.3, 0.4) is 0 Å². The number of anilines is 1. The van der Waals surface area contributed by atoms with Crippen LogP contribution in [0.1, 0.15) is 0 Å². The first-order chi connectivity index (χ1) is 13.2. The topological polar surface area (TPSA) is 96.0 Å². The zero-order valence-corrected chi connectivity index (χ0v) is 14.9. The number of benzene rings is 2. The van der Waals surface area contributed by atoms with E-state index in [0.29, 0.717) is 22.6 Å². The molecule has 4 aromatic rings. The van der Waals surface area contributed by atoms with Crippen LogP contribution in [0.2, 0.25) is 0 Å². The molecule has 2 aromatic heterocycles. The van der Waals surface area contributed by atoms with Gasteiger partial charge in [-0.2, -0.15) is 4.98 Å². The van der Waals surface area contributed by atoms with Crippen molar-refractivity contribution in [1.29, 1.82) is 0 Å². The Morgan fingerprint density at radius 2 is 1.37 bits per heavy atom. The van der Waals surface area contributed by atoms with Crippen LogP contribution in [0.4, 0.5) is 5.95 Å². The van der Waals surface area contributed by atoms with Gasteiger partial charge < -0.3 is 15.2 Å². The number of aromatic nitrogens is 4. The minimum Gasteiger partial charge on any atom is -0.497 e. The highest BCUT2D eigenvalue weighted by Gasteiger charge is 2.15. The number of fused-ring (bicyclic) bond motifs is 1. The van der Waals surface area contributed by atoms with Crippen LogP contribution in [0.5, 0.6) is 11.5 Å². The van der Waals surface area contributed by atoms with E-state index >= 15 is 0 Å². The van der Waals surface area contributed by atoms with E-state index in [1.807, 2.05) is 48.5 Å². The SMILES string of the molecule is COc1cccc(-c2nc3cnc(N)nc3nc2-c2cccc(OC)c2)c1. The summed E-state index contributed by atoms with van der Waals surface area (Å²) in [6.45, 7) is 0. The van der Waals surface area contributed by atoms with Crippen molar-refractivity contribution in [3.8, 4) is 34.0 Å². The van der Waals surface area contributed by atoms with E-state index in [0.717, 1.165) is 22.6 Å². The minimum absolute atomic E-state index is 0.155. The lowest BCUT2D eigenvalue weighted by atomic mass is 10.0. The molecule has 0 fully saturated rings. The Balaban J connectivity index is 2.01. The Labute approximate surface area is 155 Å². The summed E-state index contributed by atoms with van der Waals surface area (Å²) in [6.07, 6.45) is 1.57. The van der Waals surface area contributed by atoms with Crippen molar-refractivity contribution in [1.82, 2.24) is 19.9 Å². The lowest BCUT2D eigenvalue weighted by molar-refractivity contribution is 0.415. The average Bonchev–Trinajstić information content (AvgIpc) is 2.72. The molecule has 134 valence electrons. The van der Waals surface area contributed by atoms with E-state index < -0.39 is 0 Å². The van der Waals surface area contributed by atoms with Gasteiger partial charge in [-0.05, 0) is 24.3 Å². The van der Waals surface area contributed by atoms with Crippen LogP contribution < -0.4 is 15.2 Å². The fourth-order valence-corrected chi connectivity index (χ4v) is 2.82. The standard InChI is InChI=1S/C20H17N5O2/c1-26-14-7-3-5-12(9-14)17-18(13-6-4-8-15(10-13)27-2)24-19-16(23-17)11-22-20(21)25-19/h3-11H,1-2H3,(H2,21,22,24,25). The van der Waals surface area contributed by atoms with Crippen LogP contribution in [-0.4, -0.2) is 34.2 Å². The van der Waals surface area contributed by atoms with Crippen LogP contribution >= 0.6 is 0 Å². The Morgan fingerprint density at radius 1 is 0.778 bits per heavy atom. The molecule has 0 aliphatic heterocycles. The summed E-state index contributed by atoms with van der Waals surface area (Å²) in [4.78, 5) is 17.7. The van der Waals surface area contributed by atoms with Crippen LogP contribution in [0.15, 0.2) is 54.7 Å². The van der Waals surface area contributed by atoms with E-state index in [4.69, 9.17) is 25.2 Å². The summed E-state index contributed by atoms with van der Waals surface area (Å²) >= 11 is 0. The number of hydrogen-bond donors (Lipinski definition) is 1. The molecule has 0 saturated carbocycles. The molecule has 0 spiro atoms. The molecule has 0 saturated heterocycles. The largest absolute Gasteiger partial charge is 0.497 e. The molecule has 7 nitrogen and oxygen atoms in total. The van der Waals surface area contributed by atoms with Crippen molar-refractivity contribution in [2.45, 2.75) is 0 Å². The first-order valence-corrected chi connectivity index (χ1v) is 8.27. The lowest BCUT2D eigenvalue weighted by Gasteiger charge is -2.12. The van der Waals surface area contributed by atoms with Crippen molar-refractivity contribution in [3.63, 3.8) is 0 Å². The molecule has 0 amide bonds. The van der Waals surface area contributed by atoms with Gasteiger partial charge in [0.1, 0.15) is 17.0 Å². The number of ether oxygens (including phenoxy) is 2. The van der Waals surface area contributed by atoms with Gasteiger partial charge in [0, 0.05) is 11.1 Å². The number of methoxy groups -OCH3 is 2. The van der Waals surface area contributed by atoms with E-state index in [1.165, 1.54) is 0 Å². The van der Waals surface area contributed by atoms with Crippen molar-refractivity contribution >= 4 is 17.1 Å².